The second kappa shape index (κ2) is 57.8. The normalized spacial score (nSPS) is 12.6. The number of rotatable bonds is 66. The molecular weight excluding hydrogens is 951 g/mol. The van der Waals surface area contributed by atoms with E-state index in [0.29, 0.717) is 59.5 Å². The molecule has 0 amide bonds. The SMILES string of the molecule is CCCOC(CCCCCCCCCCCCN(CCCCCCCCCCCCC(OCCC)(OCCC)OCCC)CCCCCCCCCCCCC(OCCC)(OCCC)OCCC)(OCCC)OCCC. The molecule has 0 N–H and O–H groups in total. The lowest BCUT2D eigenvalue weighted by Crippen LogP contribution is -2.40. The molecule has 76 heavy (non-hydrogen) atoms. The molecule has 0 radical (unpaired) electrons. The zero-order chi connectivity index (χ0) is 55.6. The molecule has 0 rings (SSSR count). The van der Waals surface area contributed by atoms with Gasteiger partial charge < -0.3 is 47.5 Å². The molecule has 0 saturated heterocycles. The van der Waals surface area contributed by atoms with Crippen LogP contribution < -0.4 is 0 Å². The summed E-state index contributed by atoms with van der Waals surface area (Å²) in [5, 5.41) is 0. The summed E-state index contributed by atoms with van der Waals surface area (Å²) < 4.78 is 55.7. The van der Waals surface area contributed by atoms with Crippen molar-refractivity contribution in [3.05, 3.63) is 0 Å². The molecule has 0 fully saturated rings. The fraction of sp³-hybridized carbons (Fsp3) is 1.00. The minimum atomic E-state index is -0.845. The highest BCUT2D eigenvalue weighted by atomic mass is 16.9. The van der Waals surface area contributed by atoms with Crippen molar-refractivity contribution < 1.29 is 42.6 Å². The molecule has 0 aromatic carbocycles. The van der Waals surface area contributed by atoms with E-state index >= 15 is 0 Å². The van der Waals surface area contributed by atoms with Crippen LogP contribution in [0.2, 0.25) is 0 Å². The Hall–Kier alpha value is -0.400. The van der Waals surface area contributed by atoms with Gasteiger partial charge in [0.05, 0.1) is 59.5 Å². The molecule has 0 unspecified atom stereocenters. The first kappa shape index (κ1) is 75.6. The second-order valence-electron chi connectivity index (χ2n) is 22.4. The molecule has 0 heterocycles. The van der Waals surface area contributed by atoms with E-state index in [4.69, 9.17) is 42.6 Å². The zero-order valence-corrected chi connectivity index (χ0v) is 52.8. The van der Waals surface area contributed by atoms with E-state index < -0.39 is 17.9 Å². The van der Waals surface area contributed by atoms with Gasteiger partial charge in [0.25, 0.3) is 17.9 Å². The van der Waals surface area contributed by atoms with Crippen LogP contribution in [-0.2, 0) is 42.6 Å². The molecule has 0 aromatic heterocycles. The zero-order valence-electron chi connectivity index (χ0n) is 52.8. The summed E-state index contributed by atoms with van der Waals surface area (Å²) in [7, 11) is 0. The van der Waals surface area contributed by atoms with Crippen LogP contribution in [0.25, 0.3) is 0 Å². The van der Waals surface area contributed by atoms with Crippen LogP contribution in [0.4, 0.5) is 0 Å². The first-order valence-corrected chi connectivity index (χ1v) is 33.8. The Morgan fingerprint density at radius 2 is 0.316 bits per heavy atom. The fourth-order valence-corrected chi connectivity index (χ4v) is 9.95. The van der Waals surface area contributed by atoms with Crippen molar-refractivity contribution in [3.63, 3.8) is 0 Å². The highest BCUT2D eigenvalue weighted by molar-refractivity contribution is 4.65. The van der Waals surface area contributed by atoms with Gasteiger partial charge in [-0.3, -0.25) is 0 Å². The van der Waals surface area contributed by atoms with Gasteiger partial charge in [-0.1, -0.05) is 216 Å². The van der Waals surface area contributed by atoms with Crippen molar-refractivity contribution in [2.24, 2.45) is 0 Å². The maximum Gasteiger partial charge on any atom is 0.282 e. The summed E-state index contributed by atoms with van der Waals surface area (Å²) in [6, 6.07) is 0. The van der Waals surface area contributed by atoms with Crippen LogP contribution in [0.3, 0.4) is 0 Å². The predicted octanol–water partition coefficient (Wildman–Crippen LogP) is 20.0. The highest BCUT2D eigenvalue weighted by Crippen LogP contribution is 2.28. The third kappa shape index (κ3) is 45.2. The van der Waals surface area contributed by atoms with Crippen molar-refractivity contribution in [3.8, 4) is 0 Å². The fourth-order valence-electron chi connectivity index (χ4n) is 9.95. The van der Waals surface area contributed by atoms with Gasteiger partial charge >= 0.3 is 0 Å². The summed E-state index contributed by atoms with van der Waals surface area (Å²) in [5.74, 6) is -2.54. The number of unbranched alkanes of at least 4 members (excludes halogenated alkanes) is 27. The Morgan fingerprint density at radius 1 is 0.184 bits per heavy atom. The van der Waals surface area contributed by atoms with E-state index in [2.05, 4.69) is 67.2 Å². The van der Waals surface area contributed by atoms with Crippen LogP contribution in [0, 0.1) is 0 Å². The van der Waals surface area contributed by atoms with E-state index in [9.17, 15) is 0 Å². The van der Waals surface area contributed by atoms with Crippen LogP contribution in [-0.4, -0.2) is 102 Å². The molecule has 0 spiro atoms. The topological polar surface area (TPSA) is 86.3 Å². The summed E-state index contributed by atoms with van der Waals surface area (Å²) in [5.41, 5.74) is 0. The minimum Gasteiger partial charge on any atom is -0.327 e. The average Bonchev–Trinajstić information content (AvgIpc) is 3.44. The van der Waals surface area contributed by atoms with Crippen molar-refractivity contribution in [2.45, 2.75) is 350 Å². The summed E-state index contributed by atoms with van der Waals surface area (Å²) in [6.07, 6.45) is 50.9. The average molecular weight is 1090 g/mol. The maximum atomic E-state index is 6.18. The minimum absolute atomic E-state index is 0.684. The summed E-state index contributed by atoms with van der Waals surface area (Å²) in [6.45, 7) is 29.4. The third-order valence-corrected chi connectivity index (χ3v) is 14.4. The van der Waals surface area contributed by atoms with Gasteiger partial charge in [0.1, 0.15) is 0 Å². The molecule has 0 atom stereocenters. The molecule has 0 aromatic rings. The molecule has 10 nitrogen and oxygen atoms in total. The second-order valence-corrected chi connectivity index (χ2v) is 22.4. The maximum absolute atomic E-state index is 6.18. The molecule has 0 bridgehead atoms. The Balaban J connectivity index is 4.69. The van der Waals surface area contributed by atoms with Crippen LogP contribution in [0.1, 0.15) is 332 Å². The smallest absolute Gasteiger partial charge is 0.282 e. The van der Waals surface area contributed by atoms with Gasteiger partial charge in [0.2, 0.25) is 0 Å². The molecule has 0 saturated carbocycles. The van der Waals surface area contributed by atoms with E-state index in [1.54, 1.807) is 0 Å². The Kier molecular flexibility index (Phi) is 57.5. The predicted molar refractivity (Wildman–Crippen MR) is 323 cm³/mol. The van der Waals surface area contributed by atoms with Crippen molar-refractivity contribution in [1.29, 1.82) is 0 Å². The molecule has 0 aliphatic heterocycles. The summed E-state index contributed by atoms with van der Waals surface area (Å²) >= 11 is 0. The summed E-state index contributed by atoms with van der Waals surface area (Å²) in [4.78, 5) is 2.84. The first-order chi connectivity index (χ1) is 37.3. The van der Waals surface area contributed by atoms with Crippen LogP contribution in [0.15, 0.2) is 0 Å². The number of ether oxygens (including phenoxy) is 9. The standard InChI is InChI=1S/C66H135NO9/c1-10-55-68-64(69-56-11-2,70-57-12-3)49-43-37-31-25-19-22-28-34-40-46-52-67(53-47-41-35-29-23-20-26-32-38-44-50-65(71-58-13-4,72-59-14-5)73-60-15-6)54-48-42-36-30-24-21-27-33-39-45-51-66(74-61-16-7,75-62-17-8)76-63-18-9/h10-63H2,1-9H3. The Labute approximate surface area is 474 Å². The van der Waals surface area contributed by atoms with Crippen LogP contribution >= 0.6 is 0 Å². The largest absolute Gasteiger partial charge is 0.327 e. The lowest BCUT2D eigenvalue weighted by atomic mass is 10.0. The number of hydrogen-bond donors (Lipinski definition) is 0. The third-order valence-electron chi connectivity index (χ3n) is 14.4. The monoisotopic (exact) mass is 1090 g/mol. The first-order valence-electron chi connectivity index (χ1n) is 33.8. The van der Waals surface area contributed by atoms with Crippen molar-refractivity contribution >= 4 is 0 Å². The quantitative estimate of drug-likeness (QED) is 0.0434. The lowest BCUT2D eigenvalue weighted by molar-refractivity contribution is -0.384. The molecule has 0 aliphatic rings. The van der Waals surface area contributed by atoms with E-state index in [0.717, 1.165) is 96.3 Å². The highest BCUT2D eigenvalue weighted by Gasteiger charge is 2.35. The number of hydrogen-bond acceptors (Lipinski definition) is 10. The number of nitrogens with zero attached hydrogens (tertiary/aromatic N) is 1. The van der Waals surface area contributed by atoms with Gasteiger partial charge in [-0.05, 0) is 116 Å². The molecule has 10 heteroatoms. The van der Waals surface area contributed by atoms with Gasteiger partial charge in [-0.15, -0.1) is 0 Å². The van der Waals surface area contributed by atoms with Gasteiger partial charge in [0.15, 0.2) is 0 Å². The van der Waals surface area contributed by atoms with Gasteiger partial charge in [-0.25, -0.2) is 0 Å². The van der Waals surface area contributed by atoms with Crippen molar-refractivity contribution in [2.75, 3.05) is 79.1 Å². The lowest BCUT2D eigenvalue weighted by Gasteiger charge is -2.33. The van der Waals surface area contributed by atoms with Gasteiger partial charge in [-0.2, -0.15) is 0 Å². The van der Waals surface area contributed by atoms with E-state index in [1.807, 2.05) is 0 Å². The van der Waals surface area contributed by atoms with E-state index in [-0.39, 0.29) is 0 Å². The van der Waals surface area contributed by atoms with Crippen LogP contribution in [0.5, 0.6) is 0 Å². The Morgan fingerprint density at radius 3 is 0.461 bits per heavy atom. The molecule has 458 valence electrons. The van der Waals surface area contributed by atoms with Gasteiger partial charge in [0, 0.05) is 19.3 Å². The van der Waals surface area contributed by atoms with E-state index in [1.165, 1.54) is 193 Å². The molecule has 0 aliphatic carbocycles. The van der Waals surface area contributed by atoms with Crippen molar-refractivity contribution in [1.82, 2.24) is 4.90 Å². The Bertz CT molecular complexity index is 917. The molecular formula is C66H135NO9.